The van der Waals surface area contributed by atoms with Gasteiger partial charge in [-0.05, 0) is 17.9 Å². The van der Waals surface area contributed by atoms with E-state index in [-0.39, 0.29) is 12.1 Å². The smallest absolute Gasteiger partial charge is 0.0987 e. The summed E-state index contributed by atoms with van der Waals surface area (Å²) in [7, 11) is 1.77. The van der Waals surface area contributed by atoms with Gasteiger partial charge in [-0.15, -0.1) is 0 Å². The van der Waals surface area contributed by atoms with Crippen molar-refractivity contribution in [2.45, 2.75) is 50.7 Å². The van der Waals surface area contributed by atoms with Gasteiger partial charge in [0.25, 0.3) is 0 Å². The second kappa shape index (κ2) is 7.63. The highest BCUT2D eigenvalue weighted by molar-refractivity contribution is 5.19. The minimum Gasteiger partial charge on any atom is -0.375 e. The predicted octanol–water partition coefficient (Wildman–Crippen LogP) is 3.18. The molecular weight excluding hydrogens is 236 g/mol. The molecule has 3 heteroatoms. The van der Waals surface area contributed by atoms with Crippen LogP contribution in [0.4, 0.5) is 0 Å². The van der Waals surface area contributed by atoms with Crippen molar-refractivity contribution in [3.63, 3.8) is 0 Å². The number of ether oxygens (including phenoxy) is 1. The lowest BCUT2D eigenvalue weighted by molar-refractivity contribution is 0.0563. The van der Waals surface area contributed by atoms with Crippen molar-refractivity contribution in [1.29, 1.82) is 0 Å². The van der Waals surface area contributed by atoms with Crippen LogP contribution >= 0.6 is 0 Å². The number of nitrogens with two attached hydrogens (primary N) is 1. The number of nitrogens with one attached hydrogen (secondary N) is 1. The van der Waals surface area contributed by atoms with E-state index in [9.17, 15) is 0 Å². The van der Waals surface area contributed by atoms with Crippen LogP contribution in [0.15, 0.2) is 30.3 Å². The van der Waals surface area contributed by atoms with Gasteiger partial charge >= 0.3 is 0 Å². The molecule has 2 unspecified atom stereocenters. The van der Waals surface area contributed by atoms with Gasteiger partial charge in [0.15, 0.2) is 0 Å². The maximum absolute atomic E-state index is 5.77. The van der Waals surface area contributed by atoms with Gasteiger partial charge in [-0.3, -0.25) is 11.3 Å². The first-order valence-electron chi connectivity index (χ1n) is 7.39. The molecule has 0 heterocycles. The zero-order chi connectivity index (χ0) is 13.5. The maximum atomic E-state index is 5.77. The summed E-state index contributed by atoms with van der Waals surface area (Å²) in [4.78, 5) is 0. The van der Waals surface area contributed by atoms with Crippen LogP contribution in [-0.4, -0.2) is 13.2 Å². The SMILES string of the molecule is COC(c1ccccc1)C(CC1CCCCC1)NN. The average molecular weight is 262 g/mol. The van der Waals surface area contributed by atoms with Gasteiger partial charge < -0.3 is 4.74 Å². The molecule has 1 aliphatic rings. The van der Waals surface area contributed by atoms with Gasteiger partial charge in [0, 0.05) is 7.11 Å². The number of hydrogen-bond acceptors (Lipinski definition) is 3. The molecule has 0 aliphatic heterocycles. The Morgan fingerprint density at radius 3 is 2.47 bits per heavy atom. The Morgan fingerprint density at radius 1 is 1.21 bits per heavy atom. The van der Waals surface area contributed by atoms with E-state index in [4.69, 9.17) is 10.6 Å². The minimum absolute atomic E-state index is 0.0353. The Labute approximate surface area is 116 Å². The quantitative estimate of drug-likeness (QED) is 0.611. The lowest BCUT2D eigenvalue weighted by Crippen LogP contribution is -2.42. The molecular formula is C16H26N2O. The van der Waals surface area contributed by atoms with Crippen molar-refractivity contribution in [2.75, 3.05) is 7.11 Å². The molecule has 19 heavy (non-hydrogen) atoms. The number of benzene rings is 1. The zero-order valence-electron chi connectivity index (χ0n) is 11.8. The Kier molecular flexibility index (Phi) is 5.83. The molecule has 0 radical (unpaired) electrons. The van der Waals surface area contributed by atoms with Crippen LogP contribution in [0.1, 0.15) is 50.2 Å². The molecule has 0 amide bonds. The number of rotatable bonds is 6. The lowest BCUT2D eigenvalue weighted by atomic mass is 9.83. The third-order valence-corrected chi connectivity index (χ3v) is 4.27. The van der Waals surface area contributed by atoms with Gasteiger partial charge in [0.05, 0.1) is 12.1 Å². The monoisotopic (exact) mass is 262 g/mol. The van der Waals surface area contributed by atoms with E-state index in [1.165, 1.54) is 37.7 Å². The molecule has 1 aromatic carbocycles. The second-order valence-corrected chi connectivity index (χ2v) is 5.58. The molecule has 2 atom stereocenters. The Balaban J connectivity index is 2.01. The summed E-state index contributed by atoms with van der Waals surface area (Å²) in [6, 6.07) is 10.5. The molecule has 0 spiro atoms. The first-order valence-corrected chi connectivity index (χ1v) is 7.39. The number of hydrogen-bond donors (Lipinski definition) is 2. The summed E-state index contributed by atoms with van der Waals surface area (Å²) in [5.74, 6) is 6.56. The summed E-state index contributed by atoms with van der Waals surface area (Å²) in [5, 5.41) is 0. The fourth-order valence-electron chi connectivity index (χ4n) is 3.24. The summed E-state index contributed by atoms with van der Waals surface area (Å²) in [5.41, 5.74) is 4.17. The summed E-state index contributed by atoms with van der Waals surface area (Å²) in [6.07, 6.45) is 7.93. The van der Waals surface area contributed by atoms with Gasteiger partial charge in [0.2, 0.25) is 0 Å². The van der Waals surface area contributed by atoms with Crippen molar-refractivity contribution in [1.82, 2.24) is 5.43 Å². The molecule has 1 aromatic rings. The fraction of sp³-hybridized carbons (Fsp3) is 0.625. The first-order chi connectivity index (χ1) is 9.35. The highest BCUT2D eigenvalue weighted by atomic mass is 16.5. The molecule has 0 saturated heterocycles. The predicted molar refractivity (Wildman–Crippen MR) is 78.5 cm³/mol. The van der Waals surface area contributed by atoms with Gasteiger partial charge in [-0.2, -0.15) is 0 Å². The van der Waals surface area contributed by atoms with Crippen molar-refractivity contribution in [3.05, 3.63) is 35.9 Å². The van der Waals surface area contributed by atoms with Crippen LogP contribution < -0.4 is 11.3 Å². The lowest BCUT2D eigenvalue weighted by Gasteiger charge is -2.31. The first kappa shape index (κ1) is 14.5. The minimum atomic E-state index is 0.0353. The fourth-order valence-corrected chi connectivity index (χ4v) is 3.24. The Bertz CT molecular complexity index is 349. The van der Waals surface area contributed by atoms with Gasteiger partial charge in [-0.1, -0.05) is 62.4 Å². The Morgan fingerprint density at radius 2 is 1.89 bits per heavy atom. The van der Waals surface area contributed by atoms with Gasteiger partial charge in [0.1, 0.15) is 0 Å². The third kappa shape index (κ3) is 4.03. The second-order valence-electron chi connectivity index (χ2n) is 5.58. The summed E-state index contributed by atoms with van der Waals surface area (Å²) >= 11 is 0. The van der Waals surface area contributed by atoms with Crippen LogP contribution in [0.3, 0.4) is 0 Å². The summed E-state index contributed by atoms with van der Waals surface area (Å²) in [6.45, 7) is 0. The van der Waals surface area contributed by atoms with Crippen LogP contribution in [0, 0.1) is 5.92 Å². The van der Waals surface area contributed by atoms with Crippen LogP contribution in [0.25, 0.3) is 0 Å². The van der Waals surface area contributed by atoms with Crippen LogP contribution in [-0.2, 0) is 4.74 Å². The maximum Gasteiger partial charge on any atom is 0.0987 e. The van der Waals surface area contributed by atoms with E-state index in [1.807, 2.05) is 6.07 Å². The summed E-state index contributed by atoms with van der Waals surface area (Å²) < 4.78 is 5.69. The number of hydrazine groups is 1. The molecule has 1 saturated carbocycles. The molecule has 1 aliphatic carbocycles. The molecule has 0 aromatic heterocycles. The van der Waals surface area contributed by atoms with Crippen molar-refractivity contribution >= 4 is 0 Å². The molecule has 1 fully saturated rings. The van der Waals surface area contributed by atoms with E-state index in [0.717, 1.165) is 12.3 Å². The highest BCUT2D eigenvalue weighted by Crippen LogP contribution is 2.31. The molecule has 3 nitrogen and oxygen atoms in total. The van der Waals surface area contributed by atoms with Crippen molar-refractivity contribution in [2.24, 2.45) is 11.8 Å². The van der Waals surface area contributed by atoms with Gasteiger partial charge in [-0.25, -0.2) is 0 Å². The van der Waals surface area contributed by atoms with Crippen molar-refractivity contribution < 1.29 is 4.74 Å². The third-order valence-electron chi connectivity index (χ3n) is 4.27. The van der Waals surface area contributed by atoms with E-state index < -0.39 is 0 Å². The van der Waals surface area contributed by atoms with Crippen LogP contribution in [0.2, 0.25) is 0 Å². The normalized spacial score (nSPS) is 20.1. The van der Waals surface area contributed by atoms with E-state index in [0.29, 0.717) is 0 Å². The number of methoxy groups -OCH3 is 1. The highest BCUT2D eigenvalue weighted by Gasteiger charge is 2.26. The van der Waals surface area contributed by atoms with E-state index in [2.05, 4.69) is 29.7 Å². The zero-order valence-corrected chi connectivity index (χ0v) is 11.8. The molecule has 3 N–H and O–H groups in total. The average Bonchev–Trinajstić information content (AvgIpc) is 2.49. The van der Waals surface area contributed by atoms with E-state index in [1.54, 1.807) is 7.11 Å². The van der Waals surface area contributed by atoms with Crippen molar-refractivity contribution in [3.8, 4) is 0 Å². The largest absolute Gasteiger partial charge is 0.375 e. The standard InChI is InChI=1S/C16H26N2O/c1-19-16(14-10-6-3-7-11-14)15(18-17)12-13-8-4-2-5-9-13/h3,6-7,10-11,13,15-16,18H,2,4-5,8-9,12,17H2,1H3. The molecule has 2 rings (SSSR count). The van der Waals surface area contributed by atoms with E-state index >= 15 is 0 Å². The molecule has 0 bridgehead atoms. The Hall–Kier alpha value is -0.900. The molecule has 106 valence electrons. The van der Waals surface area contributed by atoms with Crippen LogP contribution in [0.5, 0.6) is 0 Å². The topological polar surface area (TPSA) is 47.3 Å².